The summed E-state index contributed by atoms with van der Waals surface area (Å²) in [5, 5.41) is 3.29. The van der Waals surface area contributed by atoms with Gasteiger partial charge in [-0.25, -0.2) is 9.97 Å². The lowest BCUT2D eigenvalue weighted by molar-refractivity contribution is 0.426. The first-order valence-corrected chi connectivity index (χ1v) is 7.30. The molecule has 0 spiro atoms. The van der Waals surface area contributed by atoms with Gasteiger partial charge in [-0.05, 0) is 25.8 Å². The molecular formula is C14H25N5. The number of rotatable bonds is 6. The molecule has 0 radical (unpaired) electrons. The molecule has 19 heavy (non-hydrogen) atoms. The van der Waals surface area contributed by atoms with Crippen LogP contribution in [0, 0.1) is 0 Å². The maximum atomic E-state index is 5.49. The summed E-state index contributed by atoms with van der Waals surface area (Å²) in [7, 11) is 2.14. The van der Waals surface area contributed by atoms with E-state index in [1.165, 1.54) is 32.1 Å². The molecule has 0 saturated heterocycles. The summed E-state index contributed by atoms with van der Waals surface area (Å²) in [6.45, 7) is 1.56. The summed E-state index contributed by atoms with van der Waals surface area (Å²) < 4.78 is 0. The van der Waals surface area contributed by atoms with Crippen molar-refractivity contribution in [3.8, 4) is 0 Å². The van der Waals surface area contributed by atoms with Crippen LogP contribution < -0.4 is 16.0 Å². The highest BCUT2D eigenvalue weighted by Crippen LogP contribution is 2.25. The van der Waals surface area contributed by atoms with E-state index in [9.17, 15) is 0 Å². The van der Waals surface area contributed by atoms with Gasteiger partial charge in [0.2, 0.25) is 0 Å². The molecule has 106 valence electrons. The fourth-order valence-electron chi connectivity index (χ4n) is 2.61. The highest BCUT2D eigenvalue weighted by molar-refractivity contribution is 5.48. The van der Waals surface area contributed by atoms with Gasteiger partial charge in [0.05, 0.1) is 0 Å². The van der Waals surface area contributed by atoms with Crippen LogP contribution in [0.3, 0.4) is 0 Å². The summed E-state index contributed by atoms with van der Waals surface area (Å²) in [6, 6.07) is 2.66. The molecule has 1 aromatic heterocycles. The Labute approximate surface area is 115 Å². The van der Waals surface area contributed by atoms with Crippen LogP contribution in [0.1, 0.15) is 38.5 Å². The van der Waals surface area contributed by atoms with Gasteiger partial charge < -0.3 is 16.0 Å². The fraction of sp³-hybridized carbons (Fsp3) is 0.714. The second-order valence-corrected chi connectivity index (χ2v) is 5.23. The Hall–Kier alpha value is -1.36. The lowest BCUT2D eigenvalue weighted by Gasteiger charge is -2.32. The number of anilines is 2. The first kappa shape index (κ1) is 14.1. The molecule has 5 heteroatoms. The minimum Gasteiger partial charge on any atom is -0.370 e. The molecule has 0 amide bonds. The summed E-state index contributed by atoms with van der Waals surface area (Å²) in [4.78, 5) is 10.9. The van der Waals surface area contributed by atoms with E-state index in [2.05, 4.69) is 27.2 Å². The number of hydrogen-bond donors (Lipinski definition) is 2. The van der Waals surface area contributed by atoms with Crippen LogP contribution in [0.5, 0.6) is 0 Å². The summed E-state index contributed by atoms with van der Waals surface area (Å²) in [5.41, 5.74) is 5.49. The minimum atomic E-state index is 0.626. The van der Waals surface area contributed by atoms with Gasteiger partial charge in [-0.2, -0.15) is 0 Å². The average Bonchev–Trinajstić information content (AvgIpc) is 2.48. The third-order valence-corrected chi connectivity index (χ3v) is 3.82. The van der Waals surface area contributed by atoms with Gasteiger partial charge in [0.15, 0.2) is 0 Å². The number of aromatic nitrogens is 2. The second-order valence-electron chi connectivity index (χ2n) is 5.23. The van der Waals surface area contributed by atoms with Crippen LogP contribution in [0.25, 0.3) is 0 Å². The van der Waals surface area contributed by atoms with Crippen LogP contribution in [0.2, 0.25) is 0 Å². The Balaban J connectivity index is 1.96. The van der Waals surface area contributed by atoms with Gasteiger partial charge in [-0.15, -0.1) is 0 Å². The predicted molar refractivity (Wildman–Crippen MR) is 79.5 cm³/mol. The molecule has 5 nitrogen and oxygen atoms in total. The van der Waals surface area contributed by atoms with Crippen LogP contribution in [0.15, 0.2) is 12.4 Å². The number of hydrogen-bond acceptors (Lipinski definition) is 5. The molecule has 1 aliphatic carbocycles. The van der Waals surface area contributed by atoms with Crippen LogP contribution in [-0.4, -0.2) is 36.1 Å². The number of nitrogens with two attached hydrogens (primary N) is 1. The Morgan fingerprint density at radius 3 is 2.84 bits per heavy atom. The van der Waals surface area contributed by atoms with Gasteiger partial charge in [0.25, 0.3) is 0 Å². The molecule has 0 unspecified atom stereocenters. The monoisotopic (exact) mass is 263 g/mol. The molecule has 1 saturated carbocycles. The van der Waals surface area contributed by atoms with E-state index < -0.39 is 0 Å². The molecular weight excluding hydrogens is 238 g/mol. The van der Waals surface area contributed by atoms with Crippen molar-refractivity contribution in [2.75, 3.05) is 30.4 Å². The fourth-order valence-corrected chi connectivity index (χ4v) is 2.61. The smallest absolute Gasteiger partial charge is 0.134 e. The van der Waals surface area contributed by atoms with E-state index in [1.807, 2.05) is 6.07 Å². The largest absolute Gasteiger partial charge is 0.370 e. The Morgan fingerprint density at radius 2 is 2.11 bits per heavy atom. The molecule has 0 aliphatic heterocycles. The standard InChI is InChI=1S/C14H25N5/c1-19(12-6-3-2-4-7-12)14-10-13(17-11-18-14)16-9-5-8-15/h10-12H,2-9,15H2,1H3,(H,16,17,18). The zero-order valence-electron chi connectivity index (χ0n) is 11.8. The SMILES string of the molecule is CN(c1cc(NCCCN)ncn1)C1CCCCC1. The van der Waals surface area contributed by atoms with E-state index >= 15 is 0 Å². The molecule has 3 N–H and O–H groups in total. The third kappa shape index (κ3) is 4.06. The van der Waals surface area contributed by atoms with Crippen molar-refractivity contribution in [3.05, 3.63) is 12.4 Å². The highest BCUT2D eigenvalue weighted by Gasteiger charge is 2.19. The third-order valence-electron chi connectivity index (χ3n) is 3.82. The van der Waals surface area contributed by atoms with Gasteiger partial charge in [-0.1, -0.05) is 19.3 Å². The number of nitrogens with zero attached hydrogens (tertiary/aromatic N) is 3. The maximum absolute atomic E-state index is 5.49. The summed E-state index contributed by atoms with van der Waals surface area (Å²) >= 11 is 0. The molecule has 2 rings (SSSR count). The Morgan fingerprint density at radius 1 is 1.32 bits per heavy atom. The van der Waals surface area contributed by atoms with Gasteiger partial charge in [-0.3, -0.25) is 0 Å². The average molecular weight is 263 g/mol. The topological polar surface area (TPSA) is 67.1 Å². The minimum absolute atomic E-state index is 0.626. The second kappa shape index (κ2) is 7.28. The van der Waals surface area contributed by atoms with E-state index in [4.69, 9.17) is 5.73 Å². The molecule has 1 aliphatic rings. The van der Waals surface area contributed by atoms with Gasteiger partial charge >= 0.3 is 0 Å². The predicted octanol–water partition coefficient (Wildman–Crippen LogP) is 2.01. The van der Waals surface area contributed by atoms with E-state index in [0.29, 0.717) is 12.6 Å². The summed E-state index contributed by atoms with van der Waals surface area (Å²) in [6.07, 6.45) is 9.19. The van der Waals surface area contributed by atoms with Crippen molar-refractivity contribution >= 4 is 11.6 Å². The van der Waals surface area contributed by atoms with Crippen molar-refractivity contribution in [2.45, 2.75) is 44.6 Å². The molecule has 1 aromatic rings. The van der Waals surface area contributed by atoms with Crippen LogP contribution in [-0.2, 0) is 0 Å². The first-order chi connectivity index (χ1) is 9.31. The number of nitrogens with one attached hydrogen (secondary N) is 1. The quantitative estimate of drug-likeness (QED) is 0.768. The van der Waals surface area contributed by atoms with E-state index in [1.54, 1.807) is 6.33 Å². The van der Waals surface area contributed by atoms with Crippen molar-refractivity contribution in [1.29, 1.82) is 0 Å². The van der Waals surface area contributed by atoms with E-state index in [-0.39, 0.29) is 0 Å². The lowest BCUT2D eigenvalue weighted by atomic mass is 9.94. The van der Waals surface area contributed by atoms with Crippen molar-refractivity contribution in [2.24, 2.45) is 5.73 Å². The molecule has 1 fully saturated rings. The molecule has 0 atom stereocenters. The Kier molecular flexibility index (Phi) is 5.39. The van der Waals surface area contributed by atoms with Crippen molar-refractivity contribution in [1.82, 2.24) is 9.97 Å². The molecule has 1 heterocycles. The zero-order chi connectivity index (χ0) is 13.5. The zero-order valence-corrected chi connectivity index (χ0v) is 11.8. The first-order valence-electron chi connectivity index (χ1n) is 7.30. The van der Waals surface area contributed by atoms with Gasteiger partial charge in [0.1, 0.15) is 18.0 Å². The van der Waals surface area contributed by atoms with Crippen LogP contribution in [0.4, 0.5) is 11.6 Å². The van der Waals surface area contributed by atoms with Crippen molar-refractivity contribution < 1.29 is 0 Å². The molecule has 0 bridgehead atoms. The van der Waals surface area contributed by atoms with Crippen LogP contribution >= 0.6 is 0 Å². The van der Waals surface area contributed by atoms with E-state index in [0.717, 1.165) is 24.6 Å². The lowest BCUT2D eigenvalue weighted by Crippen LogP contribution is -2.34. The maximum Gasteiger partial charge on any atom is 0.134 e. The van der Waals surface area contributed by atoms with Gasteiger partial charge in [0, 0.05) is 25.7 Å². The summed E-state index contributed by atoms with van der Waals surface area (Å²) in [5.74, 6) is 1.90. The van der Waals surface area contributed by atoms with Crippen molar-refractivity contribution in [3.63, 3.8) is 0 Å². The molecule has 0 aromatic carbocycles. The Bertz CT molecular complexity index is 376. The highest BCUT2D eigenvalue weighted by atomic mass is 15.2. The normalized spacial score (nSPS) is 16.3.